The van der Waals surface area contributed by atoms with Crippen molar-refractivity contribution in [2.24, 2.45) is 0 Å². The van der Waals surface area contributed by atoms with Gasteiger partial charge >= 0.3 is 5.97 Å². The largest absolute Gasteiger partial charge is 0.497 e. The summed E-state index contributed by atoms with van der Waals surface area (Å²) in [4.78, 5) is 52.5. The molecular weight excluding hydrogens is 460 g/mol. The lowest BCUT2D eigenvalue weighted by Crippen LogP contribution is -2.46. The van der Waals surface area contributed by atoms with Gasteiger partial charge in [0.25, 0.3) is 11.1 Å². The SMILES string of the molecule is COc1ccc(C(=O)Oc2ccc(/C=C3\SC(=O)N(CC(=O)N4CCOCC4)C3=O)cc2)cc1. The van der Waals surface area contributed by atoms with E-state index < -0.39 is 17.1 Å². The Labute approximate surface area is 200 Å². The summed E-state index contributed by atoms with van der Waals surface area (Å²) in [7, 11) is 1.54. The van der Waals surface area contributed by atoms with Crippen LogP contribution in [0.25, 0.3) is 6.08 Å². The number of carbonyl (C=O) groups is 4. The zero-order valence-corrected chi connectivity index (χ0v) is 19.2. The minimum Gasteiger partial charge on any atom is -0.497 e. The van der Waals surface area contributed by atoms with Crippen LogP contribution in [0.5, 0.6) is 11.5 Å². The Hall–Kier alpha value is -3.63. The molecule has 0 radical (unpaired) electrons. The number of imide groups is 1. The minimum atomic E-state index is -0.513. The highest BCUT2D eigenvalue weighted by Crippen LogP contribution is 2.32. The first kappa shape index (κ1) is 23.5. The second-order valence-electron chi connectivity index (χ2n) is 7.45. The van der Waals surface area contributed by atoms with Crippen molar-refractivity contribution in [3.63, 3.8) is 0 Å². The van der Waals surface area contributed by atoms with Crippen LogP contribution in [0.15, 0.2) is 53.4 Å². The first-order chi connectivity index (χ1) is 16.4. The van der Waals surface area contributed by atoms with E-state index in [9.17, 15) is 19.2 Å². The Kier molecular flexibility index (Phi) is 7.29. The third-order valence-corrected chi connectivity index (χ3v) is 6.15. The molecule has 2 aromatic carbocycles. The molecule has 2 aliphatic rings. The molecule has 0 aliphatic carbocycles. The average Bonchev–Trinajstić information content (AvgIpc) is 3.13. The van der Waals surface area contributed by atoms with Gasteiger partial charge in [-0.2, -0.15) is 0 Å². The fraction of sp³-hybridized carbons (Fsp3) is 0.250. The van der Waals surface area contributed by atoms with Gasteiger partial charge in [-0.05, 0) is 59.8 Å². The number of carbonyl (C=O) groups excluding carboxylic acids is 4. The standard InChI is InChI=1S/C24H22N2O7S/c1-31-18-8-4-17(5-9-18)23(29)33-19-6-2-16(3-7-19)14-20-22(28)26(24(30)34-20)15-21(27)25-10-12-32-13-11-25/h2-9,14H,10-13,15H2,1H3/b20-14-. The summed E-state index contributed by atoms with van der Waals surface area (Å²) in [6.07, 6.45) is 1.57. The molecule has 0 bridgehead atoms. The first-order valence-electron chi connectivity index (χ1n) is 10.5. The van der Waals surface area contributed by atoms with E-state index in [1.807, 2.05) is 0 Å². The summed E-state index contributed by atoms with van der Waals surface area (Å²) < 4.78 is 15.7. The predicted molar refractivity (Wildman–Crippen MR) is 124 cm³/mol. The molecule has 0 spiro atoms. The number of benzene rings is 2. The minimum absolute atomic E-state index is 0.225. The van der Waals surface area contributed by atoms with E-state index in [0.717, 1.165) is 16.7 Å². The lowest BCUT2D eigenvalue weighted by atomic mass is 10.2. The van der Waals surface area contributed by atoms with Gasteiger partial charge in [0, 0.05) is 13.1 Å². The smallest absolute Gasteiger partial charge is 0.343 e. The van der Waals surface area contributed by atoms with Crippen molar-refractivity contribution in [3.8, 4) is 11.5 Å². The van der Waals surface area contributed by atoms with E-state index in [4.69, 9.17) is 14.2 Å². The maximum Gasteiger partial charge on any atom is 0.343 e. The van der Waals surface area contributed by atoms with Gasteiger partial charge in [0.1, 0.15) is 18.0 Å². The van der Waals surface area contributed by atoms with E-state index in [1.165, 1.54) is 0 Å². The zero-order chi connectivity index (χ0) is 24.1. The molecule has 9 nitrogen and oxygen atoms in total. The third-order valence-electron chi connectivity index (χ3n) is 5.24. The summed E-state index contributed by atoms with van der Waals surface area (Å²) in [5, 5.41) is -0.483. The Balaban J connectivity index is 1.37. The third kappa shape index (κ3) is 5.46. The van der Waals surface area contributed by atoms with Gasteiger partial charge in [-0.1, -0.05) is 12.1 Å². The summed E-state index contributed by atoms with van der Waals surface area (Å²) >= 11 is 0.788. The molecular formula is C24H22N2O7S. The summed E-state index contributed by atoms with van der Waals surface area (Å²) in [6.45, 7) is 1.49. The lowest BCUT2D eigenvalue weighted by Gasteiger charge is -2.28. The van der Waals surface area contributed by atoms with Gasteiger partial charge in [-0.15, -0.1) is 0 Å². The van der Waals surface area contributed by atoms with Crippen molar-refractivity contribution in [1.82, 2.24) is 9.80 Å². The number of amides is 3. The van der Waals surface area contributed by atoms with Crippen LogP contribution in [0.1, 0.15) is 15.9 Å². The van der Waals surface area contributed by atoms with E-state index in [1.54, 1.807) is 66.6 Å². The normalized spacial score (nSPS) is 17.3. The van der Waals surface area contributed by atoms with Crippen LogP contribution in [0, 0.1) is 0 Å². The molecule has 0 unspecified atom stereocenters. The number of ether oxygens (including phenoxy) is 3. The molecule has 2 aromatic rings. The van der Waals surface area contributed by atoms with Crippen LogP contribution in [0.3, 0.4) is 0 Å². The van der Waals surface area contributed by atoms with E-state index in [0.29, 0.717) is 48.9 Å². The Bertz CT molecular complexity index is 1120. The highest BCUT2D eigenvalue weighted by atomic mass is 32.2. The number of esters is 1. The van der Waals surface area contributed by atoms with Crippen LogP contribution >= 0.6 is 11.8 Å². The molecule has 0 N–H and O–H groups in total. The molecule has 3 amide bonds. The van der Waals surface area contributed by atoms with Crippen LogP contribution in [-0.4, -0.2) is 72.8 Å². The highest BCUT2D eigenvalue weighted by molar-refractivity contribution is 8.18. The Morgan fingerprint density at radius 3 is 2.29 bits per heavy atom. The maximum absolute atomic E-state index is 12.7. The monoisotopic (exact) mass is 482 g/mol. The molecule has 0 saturated carbocycles. The second kappa shape index (κ2) is 10.5. The Morgan fingerprint density at radius 1 is 1.00 bits per heavy atom. The summed E-state index contributed by atoms with van der Waals surface area (Å²) in [6, 6.07) is 13.1. The molecule has 0 atom stereocenters. The molecule has 4 rings (SSSR count). The summed E-state index contributed by atoms with van der Waals surface area (Å²) in [5.41, 5.74) is 1.03. The quantitative estimate of drug-likeness (QED) is 0.352. The van der Waals surface area contributed by atoms with Crippen molar-refractivity contribution in [2.75, 3.05) is 40.0 Å². The molecule has 0 aromatic heterocycles. The number of hydrogen-bond acceptors (Lipinski definition) is 8. The number of thioether (sulfide) groups is 1. The molecule has 10 heteroatoms. The van der Waals surface area contributed by atoms with Gasteiger partial charge in [-0.25, -0.2) is 4.79 Å². The zero-order valence-electron chi connectivity index (χ0n) is 18.4. The Morgan fingerprint density at radius 2 is 1.65 bits per heavy atom. The van der Waals surface area contributed by atoms with Crippen molar-refractivity contribution >= 4 is 40.9 Å². The van der Waals surface area contributed by atoms with E-state index in [-0.39, 0.29) is 17.4 Å². The molecule has 34 heavy (non-hydrogen) atoms. The molecule has 2 fully saturated rings. The fourth-order valence-electron chi connectivity index (χ4n) is 3.36. The number of methoxy groups -OCH3 is 1. The number of hydrogen-bond donors (Lipinski definition) is 0. The van der Waals surface area contributed by atoms with Gasteiger partial charge in [0.05, 0.1) is 30.8 Å². The maximum atomic E-state index is 12.7. The number of nitrogens with zero attached hydrogens (tertiary/aromatic N) is 2. The molecule has 2 saturated heterocycles. The average molecular weight is 483 g/mol. The van der Waals surface area contributed by atoms with Crippen molar-refractivity contribution < 1.29 is 33.4 Å². The van der Waals surface area contributed by atoms with Crippen molar-refractivity contribution in [1.29, 1.82) is 0 Å². The summed E-state index contributed by atoms with van der Waals surface area (Å²) in [5.74, 6) is -0.332. The van der Waals surface area contributed by atoms with E-state index >= 15 is 0 Å². The first-order valence-corrected chi connectivity index (χ1v) is 11.3. The molecule has 176 valence electrons. The van der Waals surface area contributed by atoms with Crippen molar-refractivity contribution in [2.45, 2.75) is 0 Å². The van der Waals surface area contributed by atoms with Crippen LogP contribution in [0.4, 0.5) is 4.79 Å². The van der Waals surface area contributed by atoms with Crippen LogP contribution in [-0.2, 0) is 14.3 Å². The fourth-order valence-corrected chi connectivity index (χ4v) is 4.20. The van der Waals surface area contributed by atoms with Gasteiger partial charge in [0.2, 0.25) is 5.91 Å². The molecule has 2 heterocycles. The number of rotatable bonds is 6. The highest BCUT2D eigenvalue weighted by Gasteiger charge is 2.37. The number of morpholine rings is 1. The van der Waals surface area contributed by atoms with Crippen molar-refractivity contribution in [3.05, 3.63) is 64.6 Å². The second-order valence-corrected chi connectivity index (χ2v) is 8.44. The van der Waals surface area contributed by atoms with Crippen LogP contribution < -0.4 is 9.47 Å². The molecule has 2 aliphatic heterocycles. The predicted octanol–water partition coefficient (Wildman–Crippen LogP) is 2.81. The lowest BCUT2D eigenvalue weighted by molar-refractivity contribution is -0.139. The van der Waals surface area contributed by atoms with Gasteiger partial charge < -0.3 is 19.1 Å². The topological polar surface area (TPSA) is 102 Å². The van der Waals surface area contributed by atoms with Crippen LogP contribution in [0.2, 0.25) is 0 Å². The van der Waals surface area contributed by atoms with Gasteiger partial charge in [0.15, 0.2) is 0 Å². The van der Waals surface area contributed by atoms with Gasteiger partial charge in [-0.3, -0.25) is 19.3 Å². The van der Waals surface area contributed by atoms with E-state index in [2.05, 4.69) is 0 Å².